The average molecular weight is 392 g/mol. The summed E-state index contributed by atoms with van der Waals surface area (Å²) in [6, 6.07) is 15.7. The summed E-state index contributed by atoms with van der Waals surface area (Å²) in [5.74, 6) is -0.291. The number of H-pyrrole nitrogens is 1. The predicted molar refractivity (Wildman–Crippen MR) is 105 cm³/mol. The zero-order valence-corrected chi connectivity index (χ0v) is 16.3. The van der Waals surface area contributed by atoms with Gasteiger partial charge in [-0.3, -0.25) is 9.51 Å². The highest BCUT2D eigenvalue weighted by Crippen LogP contribution is 2.23. The van der Waals surface area contributed by atoms with Gasteiger partial charge in [0.1, 0.15) is 6.61 Å². The zero-order valence-electron chi connectivity index (χ0n) is 16.3. The van der Waals surface area contributed by atoms with E-state index in [1.165, 1.54) is 10.2 Å². The summed E-state index contributed by atoms with van der Waals surface area (Å²) >= 11 is 0. The van der Waals surface area contributed by atoms with E-state index in [1.807, 2.05) is 18.2 Å². The maximum Gasteiger partial charge on any atom is 0.439 e. The molecule has 0 spiro atoms. The summed E-state index contributed by atoms with van der Waals surface area (Å²) in [7, 11) is 0. The summed E-state index contributed by atoms with van der Waals surface area (Å²) in [5.41, 5.74) is 3.69. The first-order valence-electron chi connectivity index (χ1n) is 9.07. The Bertz CT molecular complexity index is 1170. The molecule has 4 aromatic rings. The van der Waals surface area contributed by atoms with Gasteiger partial charge in [0.25, 0.3) is 0 Å². The minimum absolute atomic E-state index is 0.0998. The number of nitrogens with zero attached hydrogens (tertiary/aromatic N) is 5. The molecule has 4 rings (SSSR count). The van der Waals surface area contributed by atoms with Crippen molar-refractivity contribution in [2.75, 3.05) is 0 Å². The van der Waals surface area contributed by atoms with Gasteiger partial charge in [-0.1, -0.05) is 67.4 Å². The van der Waals surface area contributed by atoms with Crippen molar-refractivity contribution in [3.63, 3.8) is 0 Å². The lowest BCUT2D eigenvalue weighted by Crippen LogP contribution is -2.11. The first-order valence-corrected chi connectivity index (χ1v) is 9.07. The number of tetrazole rings is 1. The van der Waals surface area contributed by atoms with Gasteiger partial charge in [-0.25, -0.2) is 4.79 Å². The van der Waals surface area contributed by atoms with Crippen molar-refractivity contribution in [2.45, 2.75) is 32.8 Å². The van der Waals surface area contributed by atoms with Gasteiger partial charge in [0.2, 0.25) is 0 Å². The molecule has 29 heavy (non-hydrogen) atoms. The van der Waals surface area contributed by atoms with Crippen molar-refractivity contribution >= 4 is 0 Å². The van der Waals surface area contributed by atoms with Crippen LogP contribution in [0.1, 0.15) is 31.9 Å². The molecule has 148 valence electrons. The van der Waals surface area contributed by atoms with E-state index in [9.17, 15) is 4.79 Å². The molecule has 0 amide bonds. The molecule has 0 saturated heterocycles. The van der Waals surface area contributed by atoms with Gasteiger partial charge in [-0.2, -0.15) is 4.68 Å². The second-order valence-corrected chi connectivity index (χ2v) is 7.60. The number of ether oxygens (including phenoxy) is 1. The lowest BCUT2D eigenvalue weighted by molar-refractivity contribution is 0.273. The zero-order chi connectivity index (χ0) is 20.4. The molecule has 0 atom stereocenters. The number of rotatable bonds is 5. The van der Waals surface area contributed by atoms with E-state index in [0.29, 0.717) is 23.7 Å². The molecule has 0 unspecified atom stereocenters. The highest BCUT2D eigenvalue weighted by Gasteiger charge is 2.14. The number of aromatic amines is 1. The molecule has 1 N–H and O–H groups in total. The SMILES string of the molecule is CC(C)(C)c1ccc(COc2nnnn2-c2cccc(-c3noc(=O)[nH]3)c2)cc1. The number of aromatic nitrogens is 6. The van der Waals surface area contributed by atoms with Crippen molar-refractivity contribution < 1.29 is 9.26 Å². The largest absolute Gasteiger partial charge is 0.457 e. The monoisotopic (exact) mass is 392 g/mol. The van der Waals surface area contributed by atoms with Crippen LogP contribution < -0.4 is 10.5 Å². The number of hydrogen-bond acceptors (Lipinski definition) is 7. The highest BCUT2D eigenvalue weighted by atomic mass is 16.5. The molecule has 0 aliphatic carbocycles. The van der Waals surface area contributed by atoms with E-state index in [2.05, 4.69) is 63.1 Å². The molecule has 9 heteroatoms. The fourth-order valence-corrected chi connectivity index (χ4v) is 2.82. The van der Waals surface area contributed by atoms with Crippen molar-refractivity contribution in [3.8, 4) is 23.1 Å². The van der Waals surface area contributed by atoms with Crippen molar-refractivity contribution in [1.29, 1.82) is 0 Å². The van der Waals surface area contributed by atoms with Gasteiger partial charge in [-0.05, 0) is 39.1 Å². The lowest BCUT2D eigenvalue weighted by Gasteiger charge is -2.19. The van der Waals surface area contributed by atoms with Crippen LogP contribution in [-0.4, -0.2) is 30.3 Å². The van der Waals surface area contributed by atoms with Crippen molar-refractivity contribution in [1.82, 2.24) is 30.3 Å². The first kappa shape index (κ1) is 18.6. The Morgan fingerprint density at radius 1 is 1.14 bits per heavy atom. The predicted octanol–water partition coefficient (Wildman–Crippen LogP) is 2.88. The minimum atomic E-state index is -0.616. The Morgan fingerprint density at radius 2 is 1.93 bits per heavy atom. The summed E-state index contributed by atoms with van der Waals surface area (Å²) in [4.78, 5) is 13.7. The van der Waals surface area contributed by atoms with E-state index < -0.39 is 5.76 Å². The second-order valence-electron chi connectivity index (χ2n) is 7.60. The summed E-state index contributed by atoms with van der Waals surface area (Å²) in [6.45, 7) is 6.86. The van der Waals surface area contributed by atoms with Crippen LogP contribution >= 0.6 is 0 Å². The molecule has 0 fully saturated rings. The van der Waals surface area contributed by atoms with Crippen LogP contribution in [0.15, 0.2) is 57.8 Å². The van der Waals surface area contributed by atoms with Gasteiger partial charge >= 0.3 is 11.8 Å². The Kier molecular flexibility index (Phi) is 4.71. The molecular formula is C20H20N6O3. The van der Waals surface area contributed by atoms with E-state index in [-0.39, 0.29) is 11.4 Å². The smallest absolute Gasteiger partial charge is 0.439 e. The standard InChI is InChI=1S/C20H20N6O3/c1-20(2,3)15-9-7-13(8-10-15)12-28-18-22-24-25-26(18)16-6-4-5-14(11-16)17-21-19(27)29-23-17/h4-11H,12H2,1-3H3,(H,21,23,27). The van der Waals surface area contributed by atoms with Crippen LogP contribution in [0.3, 0.4) is 0 Å². The maximum atomic E-state index is 11.2. The molecule has 0 saturated carbocycles. The van der Waals surface area contributed by atoms with Crippen molar-refractivity contribution in [2.24, 2.45) is 0 Å². The van der Waals surface area contributed by atoms with Crippen LogP contribution in [0.5, 0.6) is 6.01 Å². The summed E-state index contributed by atoms with van der Waals surface area (Å²) < 4.78 is 11.9. The number of nitrogens with one attached hydrogen (secondary N) is 1. The third kappa shape index (κ3) is 4.08. The molecule has 2 aromatic heterocycles. The lowest BCUT2D eigenvalue weighted by atomic mass is 9.87. The molecule has 0 aliphatic heterocycles. The highest BCUT2D eigenvalue weighted by molar-refractivity contribution is 5.58. The molecule has 2 aromatic carbocycles. The minimum Gasteiger partial charge on any atom is -0.457 e. The van der Waals surface area contributed by atoms with E-state index in [1.54, 1.807) is 18.2 Å². The third-order valence-electron chi connectivity index (χ3n) is 4.43. The van der Waals surface area contributed by atoms with Crippen LogP contribution in [-0.2, 0) is 12.0 Å². The average Bonchev–Trinajstić information content (AvgIpc) is 3.35. The number of benzene rings is 2. The third-order valence-corrected chi connectivity index (χ3v) is 4.43. The molecule has 9 nitrogen and oxygen atoms in total. The molecule has 0 radical (unpaired) electrons. The second kappa shape index (κ2) is 7.34. The van der Waals surface area contributed by atoms with Crippen LogP contribution in [0.25, 0.3) is 17.1 Å². The Balaban J connectivity index is 1.53. The fraction of sp³-hybridized carbons (Fsp3) is 0.250. The van der Waals surface area contributed by atoms with Crippen LogP contribution in [0.4, 0.5) is 0 Å². The molecular weight excluding hydrogens is 372 g/mol. The van der Waals surface area contributed by atoms with Crippen LogP contribution in [0.2, 0.25) is 0 Å². The Morgan fingerprint density at radius 3 is 2.62 bits per heavy atom. The maximum absolute atomic E-state index is 11.2. The normalized spacial score (nSPS) is 11.6. The van der Waals surface area contributed by atoms with E-state index in [0.717, 1.165) is 5.56 Å². The van der Waals surface area contributed by atoms with Crippen LogP contribution in [0, 0.1) is 0 Å². The van der Waals surface area contributed by atoms with Gasteiger partial charge in [0, 0.05) is 5.56 Å². The summed E-state index contributed by atoms with van der Waals surface area (Å²) in [5, 5.41) is 15.4. The quantitative estimate of drug-likeness (QED) is 0.556. The fourth-order valence-electron chi connectivity index (χ4n) is 2.82. The van der Waals surface area contributed by atoms with E-state index >= 15 is 0 Å². The topological polar surface area (TPSA) is 112 Å². The Hall–Kier alpha value is -3.75. The van der Waals surface area contributed by atoms with Gasteiger partial charge in [-0.15, -0.1) is 0 Å². The number of hydrogen-bond donors (Lipinski definition) is 1. The van der Waals surface area contributed by atoms with Crippen molar-refractivity contribution in [3.05, 3.63) is 70.2 Å². The van der Waals surface area contributed by atoms with Gasteiger partial charge < -0.3 is 4.74 Å². The molecule has 0 aliphatic rings. The van der Waals surface area contributed by atoms with Gasteiger partial charge in [0.05, 0.1) is 5.69 Å². The van der Waals surface area contributed by atoms with E-state index in [4.69, 9.17) is 4.74 Å². The summed E-state index contributed by atoms with van der Waals surface area (Å²) in [6.07, 6.45) is 0. The Labute approximate surface area is 166 Å². The molecule has 2 heterocycles. The molecule has 0 bridgehead atoms. The first-order chi connectivity index (χ1) is 13.9. The van der Waals surface area contributed by atoms with Gasteiger partial charge in [0.15, 0.2) is 5.82 Å².